The van der Waals surface area contributed by atoms with Gasteiger partial charge in [0.2, 0.25) is 0 Å². The number of rotatable bonds is 20. The van der Waals surface area contributed by atoms with E-state index in [9.17, 15) is 14.4 Å². The summed E-state index contributed by atoms with van der Waals surface area (Å²) in [4.78, 5) is 36.4. The molecule has 0 bridgehead atoms. The van der Waals surface area contributed by atoms with Gasteiger partial charge >= 0.3 is 17.9 Å². The summed E-state index contributed by atoms with van der Waals surface area (Å²) in [7, 11) is 0. The molecule has 7 nitrogen and oxygen atoms in total. The first-order valence-electron chi connectivity index (χ1n) is 16.1. The van der Waals surface area contributed by atoms with Gasteiger partial charge in [0.15, 0.2) is 0 Å². The molecule has 3 aromatic carbocycles. The van der Waals surface area contributed by atoms with Gasteiger partial charge in [-0.15, -0.1) is 0 Å². The Hall–Kier alpha value is -4.39. The highest BCUT2D eigenvalue weighted by Crippen LogP contribution is 2.22. The fourth-order valence-electron chi connectivity index (χ4n) is 4.73. The first-order chi connectivity index (χ1) is 21.9. The van der Waals surface area contributed by atoms with E-state index in [0.29, 0.717) is 54.4 Å². The Kier molecular flexibility index (Phi) is 15.4. The first-order valence-corrected chi connectivity index (χ1v) is 16.1. The standard InChI is InChI=1S/C38H46O7/c1-4-6-7-8-9-10-11-12-15-30-16-21-33(22-17-30)44-37(40)31-18-23-34(24-19-31)45-38(41)32-20-25-35(29(3)28-32)42-26-13-14-27-43-36(39)5-2/h5,16-25,28H,2,4,6-15,26-27H2,1,3H3. The van der Waals surface area contributed by atoms with Crippen LogP contribution in [0.2, 0.25) is 0 Å². The van der Waals surface area contributed by atoms with Crippen LogP contribution in [-0.4, -0.2) is 31.1 Å². The van der Waals surface area contributed by atoms with Crippen LogP contribution in [0.25, 0.3) is 0 Å². The van der Waals surface area contributed by atoms with Crippen LogP contribution in [0, 0.1) is 6.92 Å². The Bertz CT molecular complexity index is 1360. The van der Waals surface area contributed by atoms with Crippen molar-refractivity contribution in [2.45, 2.75) is 84.5 Å². The summed E-state index contributed by atoms with van der Waals surface area (Å²) in [6.07, 6.45) is 13.9. The summed E-state index contributed by atoms with van der Waals surface area (Å²) in [5.41, 5.74) is 2.77. The van der Waals surface area contributed by atoms with Gasteiger partial charge in [-0.1, -0.05) is 70.6 Å². The highest BCUT2D eigenvalue weighted by molar-refractivity contribution is 5.93. The van der Waals surface area contributed by atoms with Gasteiger partial charge in [-0.2, -0.15) is 0 Å². The minimum atomic E-state index is -0.518. The van der Waals surface area contributed by atoms with E-state index in [4.69, 9.17) is 18.9 Å². The molecule has 0 aliphatic rings. The van der Waals surface area contributed by atoms with Crippen LogP contribution in [0.1, 0.15) is 103 Å². The molecule has 0 amide bonds. The maximum Gasteiger partial charge on any atom is 0.343 e. The normalized spacial score (nSPS) is 10.6. The third-order valence-electron chi connectivity index (χ3n) is 7.37. The number of carbonyl (C=O) groups excluding carboxylic acids is 3. The van der Waals surface area contributed by atoms with Crippen molar-refractivity contribution < 1.29 is 33.3 Å². The molecule has 0 radical (unpaired) electrons. The van der Waals surface area contributed by atoms with Gasteiger partial charge in [-0.3, -0.25) is 0 Å². The Morgan fingerprint density at radius 3 is 1.84 bits per heavy atom. The van der Waals surface area contributed by atoms with Crippen molar-refractivity contribution >= 4 is 17.9 Å². The van der Waals surface area contributed by atoms with Crippen molar-refractivity contribution in [2.75, 3.05) is 13.2 Å². The highest BCUT2D eigenvalue weighted by atomic mass is 16.5. The van der Waals surface area contributed by atoms with Gasteiger partial charge in [0.05, 0.1) is 24.3 Å². The van der Waals surface area contributed by atoms with Gasteiger partial charge < -0.3 is 18.9 Å². The van der Waals surface area contributed by atoms with E-state index in [2.05, 4.69) is 13.5 Å². The number of unbranched alkanes of at least 4 members (excludes halogenated alkanes) is 8. The molecule has 0 N–H and O–H groups in total. The van der Waals surface area contributed by atoms with Gasteiger partial charge in [0, 0.05) is 6.08 Å². The number of benzene rings is 3. The number of hydrogen-bond donors (Lipinski definition) is 0. The van der Waals surface area contributed by atoms with E-state index in [1.807, 2.05) is 31.2 Å². The maximum atomic E-state index is 12.7. The van der Waals surface area contributed by atoms with Crippen LogP contribution in [-0.2, 0) is 16.0 Å². The van der Waals surface area contributed by atoms with Crippen molar-refractivity contribution in [1.82, 2.24) is 0 Å². The number of ether oxygens (including phenoxy) is 4. The fraction of sp³-hybridized carbons (Fsp3) is 0.395. The lowest BCUT2D eigenvalue weighted by Crippen LogP contribution is -2.11. The zero-order chi connectivity index (χ0) is 32.3. The van der Waals surface area contributed by atoms with Crippen LogP contribution < -0.4 is 14.2 Å². The van der Waals surface area contributed by atoms with Gasteiger partial charge in [0.1, 0.15) is 17.2 Å². The van der Waals surface area contributed by atoms with Crippen molar-refractivity contribution in [3.8, 4) is 17.2 Å². The Morgan fingerprint density at radius 2 is 1.22 bits per heavy atom. The number of hydrogen-bond acceptors (Lipinski definition) is 7. The molecule has 0 unspecified atom stereocenters. The van der Waals surface area contributed by atoms with Crippen LogP contribution in [0.15, 0.2) is 79.4 Å². The SMILES string of the molecule is C=CC(=O)OCCCCOc1ccc(C(=O)Oc2ccc(C(=O)Oc3ccc(CCCCCCCCCC)cc3)cc2)cc1C. The maximum absolute atomic E-state index is 12.7. The quantitative estimate of drug-likeness (QED) is 0.0543. The predicted molar refractivity (Wildman–Crippen MR) is 176 cm³/mol. The predicted octanol–water partition coefficient (Wildman–Crippen LogP) is 9.00. The molecule has 0 heterocycles. The molecule has 0 atom stereocenters. The van der Waals surface area contributed by atoms with E-state index in [1.165, 1.54) is 56.9 Å². The molecule has 0 fully saturated rings. The molecule has 0 spiro atoms. The summed E-state index contributed by atoms with van der Waals surface area (Å²) in [5, 5.41) is 0. The molecule has 3 rings (SSSR count). The van der Waals surface area contributed by atoms with Crippen LogP contribution >= 0.6 is 0 Å². The molecule has 3 aromatic rings. The van der Waals surface area contributed by atoms with Crippen LogP contribution in [0.3, 0.4) is 0 Å². The van der Waals surface area contributed by atoms with E-state index in [-0.39, 0.29) is 0 Å². The zero-order valence-electron chi connectivity index (χ0n) is 26.7. The summed E-state index contributed by atoms with van der Waals surface area (Å²) in [5.74, 6) is 0.0385. The molecule has 0 aromatic heterocycles. The van der Waals surface area contributed by atoms with E-state index in [0.717, 1.165) is 18.1 Å². The van der Waals surface area contributed by atoms with Crippen molar-refractivity contribution in [3.63, 3.8) is 0 Å². The third kappa shape index (κ3) is 13.0. The molecule has 0 aliphatic carbocycles. The van der Waals surface area contributed by atoms with Crippen molar-refractivity contribution in [2.24, 2.45) is 0 Å². The Morgan fingerprint density at radius 1 is 0.667 bits per heavy atom. The molecule has 45 heavy (non-hydrogen) atoms. The zero-order valence-corrected chi connectivity index (χ0v) is 26.7. The Labute approximate surface area is 267 Å². The van der Waals surface area contributed by atoms with Crippen molar-refractivity contribution in [1.29, 1.82) is 0 Å². The summed E-state index contributed by atoms with van der Waals surface area (Å²) in [6, 6.07) is 19.0. The second kappa shape index (κ2) is 19.8. The summed E-state index contributed by atoms with van der Waals surface area (Å²) < 4.78 is 21.8. The van der Waals surface area contributed by atoms with Gasteiger partial charge in [0.25, 0.3) is 0 Å². The lowest BCUT2D eigenvalue weighted by molar-refractivity contribution is -0.137. The van der Waals surface area contributed by atoms with Gasteiger partial charge in [-0.05, 0) is 98.3 Å². The molecule has 0 aliphatic heterocycles. The molecule has 7 heteroatoms. The highest BCUT2D eigenvalue weighted by Gasteiger charge is 2.13. The first kappa shape index (κ1) is 35.1. The average molecular weight is 615 g/mol. The van der Waals surface area contributed by atoms with Crippen molar-refractivity contribution in [3.05, 3.63) is 102 Å². The summed E-state index contributed by atoms with van der Waals surface area (Å²) >= 11 is 0. The molecular formula is C38H46O7. The average Bonchev–Trinajstić information content (AvgIpc) is 3.05. The number of aryl methyl sites for hydroxylation is 2. The third-order valence-corrected chi connectivity index (χ3v) is 7.37. The fourth-order valence-corrected chi connectivity index (χ4v) is 4.73. The smallest absolute Gasteiger partial charge is 0.343 e. The molecule has 0 saturated heterocycles. The van der Waals surface area contributed by atoms with E-state index in [1.54, 1.807) is 42.5 Å². The van der Waals surface area contributed by atoms with E-state index >= 15 is 0 Å². The Balaban J connectivity index is 1.39. The topological polar surface area (TPSA) is 88.1 Å². The largest absolute Gasteiger partial charge is 0.493 e. The van der Waals surface area contributed by atoms with E-state index < -0.39 is 17.9 Å². The number of esters is 3. The second-order valence-corrected chi connectivity index (χ2v) is 11.1. The monoisotopic (exact) mass is 614 g/mol. The van der Waals surface area contributed by atoms with Gasteiger partial charge in [-0.25, -0.2) is 14.4 Å². The summed E-state index contributed by atoms with van der Waals surface area (Å²) in [6.45, 7) is 8.22. The second-order valence-electron chi connectivity index (χ2n) is 11.1. The lowest BCUT2D eigenvalue weighted by Gasteiger charge is -2.11. The molecule has 0 saturated carbocycles. The van der Waals surface area contributed by atoms with Crippen LogP contribution in [0.4, 0.5) is 0 Å². The minimum absolute atomic E-state index is 0.313. The number of carbonyl (C=O) groups is 3. The van der Waals surface area contributed by atoms with Crippen LogP contribution in [0.5, 0.6) is 17.2 Å². The lowest BCUT2D eigenvalue weighted by atomic mass is 10.0. The minimum Gasteiger partial charge on any atom is -0.493 e. The molecule has 240 valence electrons. The molecular weight excluding hydrogens is 568 g/mol.